The van der Waals surface area contributed by atoms with E-state index >= 15 is 0 Å². The molecule has 0 radical (unpaired) electrons. The summed E-state index contributed by atoms with van der Waals surface area (Å²) in [7, 11) is -4.20. The molecular weight excluding hydrogens is 617 g/mol. The van der Waals surface area contributed by atoms with Crippen LogP contribution >= 0.6 is 23.2 Å². The van der Waals surface area contributed by atoms with Gasteiger partial charge in [-0.3, -0.25) is 13.9 Å². The Morgan fingerprint density at radius 1 is 0.795 bits per heavy atom. The molecule has 0 aromatic heterocycles. The molecule has 0 bridgehead atoms. The lowest BCUT2D eigenvalue weighted by molar-refractivity contribution is -0.140. The zero-order valence-electron chi connectivity index (χ0n) is 24.6. The van der Waals surface area contributed by atoms with Crippen LogP contribution in [0, 0.1) is 6.92 Å². The van der Waals surface area contributed by atoms with Gasteiger partial charge >= 0.3 is 0 Å². The minimum Gasteiger partial charge on any atom is -0.354 e. The van der Waals surface area contributed by atoms with Crippen molar-refractivity contribution in [2.75, 3.05) is 17.4 Å². The fourth-order valence-electron chi connectivity index (χ4n) is 4.68. The van der Waals surface area contributed by atoms with Crippen LogP contribution < -0.4 is 9.62 Å². The number of hydrogen-bond donors (Lipinski definition) is 1. The molecule has 2 amide bonds. The van der Waals surface area contributed by atoms with Gasteiger partial charge in [0, 0.05) is 29.6 Å². The Hall–Kier alpha value is -3.85. The van der Waals surface area contributed by atoms with Gasteiger partial charge in [-0.05, 0) is 73.0 Å². The number of benzene rings is 4. The fraction of sp³-hybridized carbons (Fsp3) is 0.235. The third-order valence-corrected chi connectivity index (χ3v) is 9.38. The second-order valence-corrected chi connectivity index (χ2v) is 13.2. The van der Waals surface area contributed by atoms with E-state index in [4.69, 9.17) is 23.2 Å². The molecule has 0 aliphatic heterocycles. The van der Waals surface area contributed by atoms with Crippen molar-refractivity contribution in [1.82, 2.24) is 10.2 Å². The molecule has 0 fully saturated rings. The maximum Gasteiger partial charge on any atom is 0.264 e. The lowest BCUT2D eigenvalue weighted by Crippen LogP contribution is -2.53. The molecule has 0 saturated carbocycles. The van der Waals surface area contributed by atoms with E-state index in [-0.39, 0.29) is 23.8 Å². The lowest BCUT2D eigenvalue weighted by atomic mass is 10.0. The topological polar surface area (TPSA) is 86.8 Å². The highest BCUT2D eigenvalue weighted by Gasteiger charge is 2.34. The number of nitrogens with zero attached hydrogens (tertiary/aromatic N) is 2. The highest BCUT2D eigenvalue weighted by atomic mass is 35.5. The average molecular weight is 653 g/mol. The van der Waals surface area contributed by atoms with Gasteiger partial charge in [-0.2, -0.15) is 0 Å². The van der Waals surface area contributed by atoms with Gasteiger partial charge in [-0.1, -0.05) is 90.3 Å². The second kappa shape index (κ2) is 15.2. The number of carbonyl (C=O) groups excluding carboxylic acids is 2. The minimum atomic E-state index is -4.20. The first-order valence-corrected chi connectivity index (χ1v) is 16.5. The summed E-state index contributed by atoms with van der Waals surface area (Å²) in [6, 6.07) is 28.2. The van der Waals surface area contributed by atoms with Crippen molar-refractivity contribution in [2.45, 2.75) is 44.2 Å². The van der Waals surface area contributed by atoms with Crippen molar-refractivity contribution >= 4 is 50.7 Å². The van der Waals surface area contributed by atoms with Crippen LogP contribution in [-0.2, 0) is 32.6 Å². The van der Waals surface area contributed by atoms with E-state index in [1.165, 1.54) is 29.2 Å². The van der Waals surface area contributed by atoms with Crippen molar-refractivity contribution in [3.05, 3.63) is 130 Å². The number of amides is 2. The van der Waals surface area contributed by atoms with Crippen LogP contribution in [0.1, 0.15) is 30.0 Å². The molecule has 0 spiro atoms. The summed E-state index contributed by atoms with van der Waals surface area (Å²) >= 11 is 12.2. The van der Waals surface area contributed by atoms with Gasteiger partial charge in [0.1, 0.15) is 12.6 Å². The van der Waals surface area contributed by atoms with Crippen LogP contribution in [0.2, 0.25) is 10.0 Å². The Bertz CT molecular complexity index is 1650. The molecule has 4 aromatic rings. The summed E-state index contributed by atoms with van der Waals surface area (Å²) in [6.45, 7) is 3.81. The fourth-order valence-corrected chi connectivity index (χ4v) is 6.35. The summed E-state index contributed by atoms with van der Waals surface area (Å²) < 4.78 is 29.2. The molecule has 0 saturated heterocycles. The largest absolute Gasteiger partial charge is 0.354 e. The molecule has 1 atom stereocenters. The van der Waals surface area contributed by atoms with Gasteiger partial charge in [-0.25, -0.2) is 8.42 Å². The van der Waals surface area contributed by atoms with E-state index in [1.54, 1.807) is 48.5 Å². The zero-order chi connectivity index (χ0) is 31.7. The smallest absolute Gasteiger partial charge is 0.264 e. The first kappa shape index (κ1) is 33.1. The number of aryl methyl sites for hydroxylation is 1. The Morgan fingerprint density at radius 2 is 1.39 bits per heavy atom. The van der Waals surface area contributed by atoms with Crippen molar-refractivity contribution in [3.8, 4) is 0 Å². The molecule has 4 aromatic carbocycles. The third kappa shape index (κ3) is 8.62. The summed E-state index contributed by atoms with van der Waals surface area (Å²) in [5.74, 6) is -0.855. The van der Waals surface area contributed by atoms with E-state index in [1.807, 2.05) is 44.2 Å². The van der Waals surface area contributed by atoms with Gasteiger partial charge in [0.15, 0.2) is 0 Å². The number of anilines is 1. The molecular formula is C34H35Cl2N3O4S. The van der Waals surface area contributed by atoms with Gasteiger partial charge in [0.2, 0.25) is 11.8 Å². The van der Waals surface area contributed by atoms with Crippen LogP contribution in [0.3, 0.4) is 0 Å². The summed E-state index contributed by atoms with van der Waals surface area (Å²) in [5.41, 5.74) is 2.86. The molecule has 0 aliphatic carbocycles. The molecule has 1 N–H and O–H groups in total. The normalized spacial score (nSPS) is 11.9. The first-order chi connectivity index (χ1) is 21.1. The second-order valence-electron chi connectivity index (χ2n) is 10.4. The Balaban J connectivity index is 1.78. The van der Waals surface area contributed by atoms with Gasteiger partial charge in [-0.15, -0.1) is 0 Å². The number of sulfonamides is 1. The number of hydrogen-bond acceptors (Lipinski definition) is 4. The molecule has 230 valence electrons. The third-order valence-electron chi connectivity index (χ3n) is 7.09. The zero-order valence-corrected chi connectivity index (χ0v) is 26.9. The Labute approximate surface area is 269 Å². The average Bonchev–Trinajstić information content (AvgIpc) is 3.02. The van der Waals surface area contributed by atoms with E-state index < -0.39 is 28.5 Å². The molecule has 0 heterocycles. The Kier molecular flexibility index (Phi) is 11.4. The standard InChI is InChI=1S/C34H35Cl2N3O4S/c1-3-21-37-34(41)32(22-26-7-5-4-6-8-26)38(23-27-11-13-28(35)14-12-27)33(40)24-39(30-17-9-25(2)10-18-30)44(42,43)31-19-15-29(36)16-20-31/h4-20,32H,3,21-24H2,1-2H3,(H,37,41)/t32-/m1/s1. The predicted molar refractivity (Wildman–Crippen MR) is 176 cm³/mol. The minimum absolute atomic E-state index is 0.0129. The van der Waals surface area contributed by atoms with E-state index in [0.29, 0.717) is 22.3 Å². The summed E-state index contributed by atoms with van der Waals surface area (Å²) in [5, 5.41) is 3.86. The quantitative estimate of drug-likeness (QED) is 0.175. The summed E-state index contributed by atoms with van der Waals surface area (Å²) in [6.07, 6.45) is 0.958. The van der Waals surface area contributed by atoms with Crippen molar-refractivity contribution in [2.24, 2.45) is 0 Å². The molecule has 0 aliphatic rings. The van der Waals surface area contributed by atoms with Crippen molar-refractivity contribution in [3.63, 3.8) is 0 Å². The van der Waals surface area contributed by atoms with E-state index in [0.717, 1.165) is 27.4 Å². The monoisotopic (exact) mass is 651 g/mol. The van der Waals surface area contributed by atoms with Crippen LogP contribution in [0.5, 0.6) is 0 Å². The predicted octanol–water partition coefficient (Wildman–Crippen LogP) is 6.66. The van der Waals surface area contributed by atoms with Gasteiger partial charge < -0.3 is 10.2 Å². The first-order valence-electron chi connectivity index (χ1n) is 14.3. The van der Waals surface area contributed by atoms with E-state index in [2.05, 4.69) is 5.32 Å². The Morgan fingerprint density at radius 3 is 1.98 bits per heavy atom. The van der Waals surface area contributed by atoms with Crippen LogP contribution in [0.4, 0.5) is 5.69 Å². The van der Waals surface area contributed by atoms with Gasteiger partial charge in [0.05, 0.1) is 10.6 Å². The van der Waals surface area contributed by atoms with Crippen LogP contribution in [-0.4, -0.2) is 44.3 Å². The summed E-state index contributed by atoms with van der Waals surface area (Å²) in [4.78, 5) is 29.5. The highest BCUT2D eigenvalue weighted by molar-refractivity contribution is 7.92. The van der Waals surface area contributed by atoms with Crippen molar-refractivity contribution in [1.29, 1.82) is 0 Å². The molecule has 44 heavy (non-hydrogen) atoms. The van der Waals surface area contributed by atoms with Crippen LogP contribution in [0.25, 0.3) is 0 Å². The SMILES string of the molecule is CCCNC(=O)[C@@H](Cc1ccccc1)N(Cc1ccc(Cl)cc1)C(=O)CN(c1ccc(C)cc1)S(=O)(=O)c1ccc(Cl)cc1. The van der Waals surface area contributed by atoms with Gasteiger partial charge in [0.25, 0.3) is 10.0 Å². The molecule has 0 unspecified atom stereocenters. The number of rotatable bonds is 13. The molecule has 10 heteroatoms. The van der Waals surface area contributed by atoms with E-state index in [9.17, 15) is 18.0 Å². The van der Waals surface area contributed by atoms with Crippen LogP contribution in [0.15, 0.2) is 108 Å². The highest BCUT2D eigenvalue weighted by Crippen LogP contribution is 2.26. The maximum absolute atomic E-state index is 14.4. The lowest BCUT2D eigenvalue weighted by Gasteiger charge is -2.34. The number of halogens is 2. The number of nitrogens with one attached hydrogen (secondary N) is 1. The van der Waals surface area contributed by atoms with Crippen molar-refractivity contribution < 1.29 is 18.0 Å². The molecule has 4 rings (SSSR count). The number of carbonyl (C=O) groups is 2. The molecule has 7 nitrogen and oxygen atoms in total. The maximum atomic E-state index is 14.4.